The maximum absolute atomic E-state index is 12.9. The van der Waals surface area contributed by atoms with Gasteiger partial charge in [0, 0.05) is 12.3 Å². The van der Waals surface area contributed by atoms with E-state index >= 15 is 0 Å². The van der Waals surface area contributed by atoms with Gasteiger partial charge in [0.25, 0.3) is 0 Å². The monoisotopic (exact) mass is 396 g/mol. The van der Waals surface area contributed by atoms with Crippen molar-refractivity contribution in [2.24, 2.45) is 0 Å². The number of nitrogens with zero attached hydrogens (tertiary/aromatic N) is 3. The number of carbonyl (C=O) groups excluding carboxylic acids is 1. The van der Waals surface area contributed by atoms with Crippen LogP contribution in [0.2, 0.25) is 0 Å². The molecule has 3 aromatic carbocycles. The Kier molecular flexibility index (Phi) is 5.99. The maximum atomic E-state index is 12.9. The van der Waals surface area contributed by atoms with Crippen molar-refractivity contribution in [1.29, 1.82) is 0 Å². The molecule has 1 heterocycles. The van der Waals surface area contributed by atoms with Crippen molar-refractivity contribution in [3.63, 3.8) is 0 Å². The molecule has 1 N–H and O–H groups in total. The Labute approximate surface area is 176 Å². The molecule has 0 saturated carbocycles. The molecule has 0 bridgehead atoms. The van der Waals surface area contributed by atoms with E-state index in [1.165, 1.54) is 6.33 Å². The Morgan fingerprint density at radius 3 is 2.00 bits per heavy atom. The second-order valence-corrected chi connectivity index (χ2v) is 7.30. The number of nitrogens with one attached hydrogen (secondary N) is 1. The van der Waals surface area contributed by atoms with Crippen LogP contribution >= 0.6 is 0 Å². The fraction of sp³-hybridized carbons (Fsp3) is 0.160. The van der Waals surface area contributed by atoms with E-state index in [4.69, 9.17) is 0 Å². The van der Waals surface area contributed by atoms with Crippen molar-refractivity contribution < 1.29 is 4.79 Å². The molecular formula is C25H24N4O. The number of hydrogen-bond donors (Lipinski definition) is 1. The first kappa shape index (κ1) is 19.6. The van der Waals surface area contributed by atoms with Crippen molar-refractivity contribution in [3.05, 3.63) is 114 Å². The van der Waals surface area contributed by atoms with Crippen LogP contribution < -0.4 is 5.32 Å². The lowest BCUT2D eigenvalue weighted by Crippen LogP contribution is -2.28. The zero-order chi connectivity index (χ0) is 20.8. The summed E-state index contributed by atoms with van der Waals surface area (Å²) in [5.41, 5.74) is 4.26. The van der Waals surface area contributed by atoms with Crippen LogP contribution in [0.25, 0.3) is 5.69 Å². The quantitative estimate of drug-likeness (QED) is 0.494. The minimum Gasteiger partial charge on any atom is -0.350 e. The molecule has 0 aliphatic heterocycles. The minimum atomic E-state index is -0.0884. The van der Waals surface area contributed by atoms with Gasteiger partial charge in [0.1, 0.15) is 12.7 Å². The van der Waals surface area contributed by atoms with Gasteiger partial charge in [0.15, 0.2) is 0 Å². The highest BCUT2D eigenvalue weighted by Crippen LogP contribution is 2.28. The van der Waals surface area contributed by atoms with Gasteiger partial charge in [-0.15, -0.1) is 0 Å². The summed E-state index contributed by atoms with van der Waals surface area (Å²) in [4.78, 5) is 16.9. The molecule has 150 valence electrons. The molecule has 4 rings (SSSR count). The normalized spacial score (nSPS) is 11.9. The van der Waals surface area contributed by atoms with E-state index in [1.807, 2.05) is 67.6 Å². The molecule has 0 saturated heterocycles. The smallest absolute Gasteiger partial charge is 0.221 e. The van der Waals surface area contributed by atoms with Crippen LogP contribution in [0.1, 0.15) is 42.0 Å². The van der Waals surface area contributed by atoms with E-state index in [-0.39, 0.29) is 17.9 Å². The van der Waals surface area contributed by atoms with Gasteiger partial charge in [-0.05, 0) is 35.7 Å². The number of rotatable bonds is 7. The summed E-state index contributed by atoms with van der Waals surface area (Å²) in [5.74, 6) is 0.0508. The Bertz CT molecular complexity index is 1020. The fourth-order valence-corrected chi connectivity index (χ4v) is 3.63. The first-order valence-corrected chi connectivity index (χ1v) is 10.0. The predicted molar refractivity (Wildman–Crippen MR) is 117 cm³/mol. The third-order valence-electron chi connectivity index (χ3n) is 5.25. The molecule has 5 heteroatoms. The number of hydrogen-bond acceptors (Lipinski definition) is 3. The van der Waals surface area contributed by atoms with Crippen LogP contribution in [0, 0.1) is 0 Å². The molecule has 0 spiro atoms. The Morgan fingerprint density at radius 1 is 0.867 bits per heavy atom. The topological polar surface area (TPSA) is 59.8 Å². The average Bonchev–Trinajstić information content (AvgIpc) is 3.34. The number of amides is 1. The van der Waals surface area contributed by atoms with Crippen LogP contribution in [-0.4, -0.2) is 20.7 Å². The molecule has 0 radical (unpaired) electrons. The van der Waals surface area contributed by atoms with E-state index in [0.717, 1.165) is 22.4 Å². The van der Waals surface area contributed by atoms with Gasteiger partial charge in [-0.3, -0.25) is 4.79 Å². The molecule has 1 atom stereocenters. The Balaban J connectivity index is 1.45. The van der Waals surface area contributed by atoms with Crippen LogP contribution in [-0.2, 0) is 4.79 Å². The SMILES string of the molecule is C[C@@H](NC(=O)CC(c1ccccc1)c1ccccc1)c1ccc(-n2cncn2)cc1. The van der Waals surface area contributed by atoms with E-state index in [9.17, 15) is 4.79 Å². The van der Waals surface area contributed by atoms with Crippen molar-refractivity contribution >= 4 is 5.91 Å². The molecule has 1 aromatic heterocycles. The number of aromatic nitrogens is 3. The van der Waals surface area contributed by atoms with Gasteiger partial charge < -0.3 is 5.32 Å². The summed E-state index contributed by atoms with van der Waals surface area (Å²) >= 11 is 0. The van der Waals surface area contributed by atoms with Crippen LogP contribution in [0.3, 0.4) is 0 Å². The van der Waals surface area contributed by atoms with Gasteiger partial charge in [-0.25, -0.2) is 9.67 Å². The van der Waals surface area contributed by atoms with E-state index < -0.39 is 0 Å². The summed E-state index contributed by atoms with van der Waals surface area (Å²) in [6.45, 7) is 2.00. The largest absolute Gasteiger partial charge is 0.350 e. The fourth-order valence-electron chi connectivity index (χ4n) is 3.63. The molecule has 1 amide bonds. The Hall–Kier alpha value is -3.73. The lowest BCUT2D eigenvalue weighted by atomic mass is 9.88. The summed E-state index contributed by atoms with van der Waals surface area (Å²) in [6, 6.07) is 28.3. The van der Waals surface area contributed by atoms with Crippen molar-refractivity contribution in [1.82, 2.24) is 20.1 Å². The minimum absolute atomic E-state index is 0.0225. The highest BCUT2D eigenvalue weighted by molar-refractivity contribution is 5.78. The average molecular weight is 396 g/mol. The van der Waals surface area contributed by atoms with Crippen LogP contribution in [0.5, 0.6) is 0 Å². The standard InChI is InChI=1S/C25H24N4O/c1-19(20-12-14-23(15-13-20)29-18-26-17-27-29)28-25(30)16-24(21-8-4-2-5-9-21)22-10-6-3-7-11-22/h2-15,17-19,24H,16H2,1H3,(H,28,30)/t19-/m1/s1. The highest BCUT2D eigenvalue weighted by atomic mass is 16.1. The number of benzene rings is 3. The lowest BCUT2D eigenvalue weighted by Gasteiger charge is -2.20. The number of carbonyl (C=O) groups is 1. The molecule has 0 unspecified atom stereocenters. The van der Waals surface area contributed by atoms with Crippen molar-refractivity contribution in [2.75, 3.05) is 0 Å². The first-order chi connectivity index (χ1) is 14.7. The molecule has 0 aliphatic rings. The second-order valence-electron chi connectivity index (χ2n) is 7.30. The molecular weight excluding hydrogens is 372 g/mol. The first-order valence-electron chi connectivity index (χ1n) is 10.0. The third kappa shape index (κ3) is 4.63. The molecule has 5 nitrogen and oxygen atoms in total. The van der Waals surface area contributed by atoms with Gasteiger partial charge in [-0.2, -0.15) is 5.10 Å². The zero-order valence-electron chi connectivity index (χ0n) is 16.8. The molecule has 4 aromatic rings. The second kappa shape index (κ2) is 9.18. The van der Waals surface area contributed by atoms with Gasteiger partial charge in [0.05, 0.1) is 11.7 Å². The summed E-state index contributed by atoms with van der Waals surface area (Å²) < 4.78 is 1.71. The van der Waals surface area contributed by atoms with E-state index in [0.29, 0.717) is 6.42 Å². The highest BCUT2D eigenvalue weighted by Gasteiger charge is 2.19. The summed E-state index contributed by atoms with van der Waals surface area (Å²) in [6.07, 6.45) is 3.57. The maximum Gasteiger partial charge on any atom is 0.221 e. The van der Waals surface area contributed by atoms with E-state index in [2.05, 4.69) is 39.7 Å². The van der Waals surface area contributed by atoms with Gasteiger partial charge in [0.2, 0.25) is 5.91 Å². The molecule has 0 fully saturated rings. The van der Waals surface area contributed by atoms with Gasteiger partial charge in [-0.1, -0.05) is 72.8 Å². The van der Waals surface area contributed by atoms with Crippen LogP contribution in [0.4, 0.5) is 0 Å². The molecule has 30 heavy (non-hydrogen) atoms. The zero-order valence-corrected chi connectivity index (χ0v) is 16.8. The van der Waals surface area contributed by atoms with Crippen LogP contribution in [0.15, 0.2) is 97.6 Å². The molecule has 0 aliphatic carbocycles. The predicted octanol–water partition coefficient (Wildman–Crippen LogP) is 4.67. The summed E-state index contributed by atoms with van der Waals surface area (Å²) in [7, 11) is 0. The Morgan fingerprint density at radius 2 is 1.47 bits per heavy atom. The van der Waals surface area contributed by atoms with Crippen molar-refractivity contribution in [3.8, 4) is 5.69 Å². The van der Waals surface area contributed by atoms with Crippen molar-refractivity contribution in [2.45, 2.75) is 25.3 Å². The van der Waals surface area contributed by atoms with E-state index in [1.54, 1.807) is 11.0 Å². The third-order valence-corrected chi connectivity index (χ3v) is 5.25. The lowest BCUT2D eigenvalue weighted by molar-refractivity contribution is -0.121. The van der Waals surface area contributed by atoms with Gasteiger partial charge >= 0.3 is 0 Å². The summed E-state index contributed by atoms with van der Waals surface area (Å²) in [5, 5.41) is 7.28.